The second-order valence-electron chi connectivity index (χ2n) is 9.57. The molecule has 45 heavy (non-hydrogen) atoms. The lowest BCUT2D eigenvalue weighted by molar-refractivity contribution is -0.673. The van der Waals surface area contributed by atoms with E-state index in [1.165, 1.54) is 24.3 Å². The van der Waals surface area contributed by atoms with Crippen LogP contribution < -0.4 is 9.13 Å². The molecule has 0 aliphatic rings. The predicted octanol–water partition coefficient (Wildman–Crippen LogP) is 1.31. The number of imidazole rings is 2. The van der Waals surface area contributed by atoms with Crippen LogP contribution in [0.2, 0.25) is 0 Å². The van der Waals surface area contributed by atoms with Gasteiger partial charge in [0.15, 0.2) is 0 Å². The van der Waals surface area contributed by atoms with Crippen LogP contribution in [0.3, 0.4) is 0 Å². The summed E-state index contributed by atoms with van der Waals surface area (Å²) in [6, 6.07) is 19.7. The highest BCUT2D eigenvalue weighted by molar-refractivity contribution is 7.86. The van der Waals surface area contributed by atoms with Crippen molar-refractivity contribution in [3.8, 4) is 24.3 Å². The molecule has 4 aromatic rings. The molecule has 0 radical (unpaired) electrons. The molecule has 0 saturated heterocycles. The van der Waals surface area contributed by atoms with Crippen LogP contribution in [0.4, 0.5) is 0 Å². The van der Waals surface area contributed by atoms with Crippen LogP contribution in [0.5, 0.6) is 0 Å². The third kappa shape index (κ3) is 9.83. The van der Waals surface area contributed by atoms with E-state index in [9.17, 15) is 36.5 Å². The Morgan fingerprint density at radius 3 is 1.18 bits per heavy atom. The molecule has 0 aliphatic carbocycles. The summed E-state index contributed by atoms with van der Waals surface area (Å²) in [5, 5.41) is 36.5. The maximum Gasteiger partial charge on any atom is 0.263 e. The lowest BCUT2D eigenvalue weighted by Gasteiger charge is -2.05. The molecule has 4 rings (SSSR count). The fourth-order valence-corrected chi connectivity index (χ4v) is 4.85. The molecule has 0 bridgehead atoms. The summed E-state index contributed by atoms with van der Waals surface area (Å²) < 4.78 is 69.0. The Labute approximate surface area is 261 Å². The van der Waals surface area contributed by atoms with E-state index in [1.807, 2.05) is 38.1 Å². The Bertz CT molecular complexity index is 1900. The number of nitriles is 4. The normalized spacial score (nSPS) is 10.5. The maximum atomic E-state index is 10.4. The van der Waals surface area contributed by atoms with Gasteiger partial charge in [-0.1, -0.05) is 35.4 Å². The smallest absolute Gasteiger partial charge is 0.263 e. The van der Waals surface area contributed by atoms with E-state index in [4.69, 9.17) is 10.5 Å². The minimum absolute atomic E-state index is 0.178. The summed E-state index contributed by atoms with van der Waals surface area (Å²) >= 11 is 0. The first-order valence-electron chi connectivity index (χ1n) is 12.9. The largest absolute Gasteiger partial charge is 0.744 e. The lowest BCUT2D eigenvalue weighted by Crippen LogP contribution is -2.29. The fourth-order valence-electron chi connectivity index (χ4n) is 3.91. The molecule has 0 spiro atoms. The first kappa shape index (κ1) is 35.8. The van der Waals surface area contributed by atoms with Gasteiger partial charge in [0.2, 0.25) is 12.7 Å². The Morgan fingerprint density at radius 2 is 0.933 bits per heavy atom. The van der Waals surface area contributed by atoms with Gasteiger partial charge >= 0.3 is 0 Å². The minimum Gasteiger partial charge on any atom is -0.744 e. The summed E-state index contributed by atoms with van der Waals surface area (Å²) in [5.74, 6) is 0. The zero-order valence-electron chi connectivity index (χ0n) is 24.7. The first-order chi connectivity index (χ1) is 21.1. The summed E-state index contributed by atoms with van der Waals surface area (Å²) in [6.07, 6.45) is 4.07. The van der Waals surface area contributed by atoms with Crippen LogP contribution in [0.1, 0.15) is 40.3 Å². The van der Waals surface area contributed by atoms with E-state index >= 15 is 0 Å². The van der Waals surface area contributed by atoms with Crippen molar-refractivity contribution in [3.63, 3.8) is 0 Å². The van der Waals surface area contributed by atoms with Gasteiger partial charge in [0.25, 0.3) is 22.8 Å². The van der Waals surface area contributed by atoms with E-state index < -0.39 is 20.2 Å². The molecule has 0 amide bonds. The van der Waals surface area contributed by atoms with Gasteiger partial charge in [-0.15, -0.1) is 0 Å². The predicted molar refractivity (Wildman–Crippen MR) is 153 cm³/mol. The van der Waals surface area contributed by atoms with Crippen LogP contribution >= 0.6 is 0 Å². The fraction of sp³-hybridized carbons (Fsp3) is 0.241. The molecule has 2 aromatic carbocycles. The number of nitrogens with zero attached hydrogens (tertiary/aromatic N) is 8. The van der Waals surface area contributed by atoms with Gasteiger partial charge in [0.05, 0.1) is 37.0 Å². The molecule has 2 heterocycles. The van der Waals surface area contributed by atoms with Gasteiger partial charge < -0.3 is 9.11 Å². The van der Waals surface area contributed by atoms with Crippen molar-refractivity contribution in [2.45, 2.75) is 43.1 Å². The van der Waals surface area contributed by atoms with Crippen molar-refractivity contribution in [1.82, 2.24) is 9.13 Å². The Kier molecular flexibility index (Phi) is 12.3. The molecule has 2 aromatic heterocycles. The molecular formula is C29H28N8O6S2. The van der Waals surface area contributed by atoms with Crippen LogP contribution in [0.15, 0.2) is 71.0 Å². The topological polar surface area (TPSA) is 227 Å². The molecule has 0 fully saturated rings. The molecule has 0 atom stereocenters. The maximum absolute atomic E-state index is 10.4. The van der Waals surface area contributed by atoms with E-state index in [0.29, 0.717) is 42.3 Å². The molecule has 14 nitrogen and oxygen atoms in total. The number of aromatic nitrogens is 4. The van der Waals surface area contributed by atoms with Crippen LogP contribution in [0, 0.1) is 59.2 Å². The quantitative estimate of drug-likeness (QED) is 0.215. The van der Waals surface area contributed by atoms with Crippen LogP contribution in [-0.4, -0.2) is 35.1 Å². The number of hydrogen-bond donors (Lipinski definition) is 0. The molecular weight excluding hydrogens is 621 g/mol. The number of aryl methyl sites for hydroxylation is 6. The Balaban J connectivity index is 0.000000266. The van der Waals surface area contributed by atoms with Gasteiger partial charge in [-0.2, -0.15) is 21.0 Å². The van der Waals surface area contributed by atoms with E-state index in [1.54, 1.807) is 69.3 Å². The molecule has 232 valence electrons. The van der Waals surface area contributed by atoms with E-state index in [-0.39, 0.29) is 9.79 Å². The van der Waals surface area contributed by atoms with Crippen LogP contribution in [-0.2, 0) is 47.4 Å². The van der Waals surface area contributed by atoms with Crippen molar-refractivity contribution < 1.29 is 35.1 Å². The van der Waals surface area contributed by atoms with Gasteiger partial charge in [-0.3, -0.25) is 0 Å². The Hall–Kier alpha value is -5.36. The van der Waals surface area contributed by atoms with Crippen molar-refractivity contribution >= 4 is 20.2 Å². The first-order valence-corrected chi connectivity index (χ1v) is 15.7. The second-order valence-corrected chi connectivity index (χ2v) is 12.3. The van der Waals surface area contributed by atoms with Gasteiger partial charge in [-0.25, -0.2) is 35.1 Å². The molecule has 0 saturated carbocycles. The Morgan fingerprint density at radius 1 is 0.622 bits per heavy atom. The molecule has 16 heteroatoms. The van der Waals surface area contributed by atoms with Crippen molar-refractivity contribution in [1.29, 1.82) is 21.0 Å². The third-order valence-electron chi connectivity index (χ3n) is 6.19. The second kappa shape index (κ2) is 15.4. The van der Waals surface area contributed by atoms with Gasteiger partial charge in [-0.05, 0) is 38.1 Å². The van der Waals surface area contributed by atoms with Crippen molar-refractivity contribution in [2.24, 2.45) is 14.1 Å². The number of benzene rings is 2. The zero-order chi connectivity index (χ0) is 33.9. The minimum atomic E-state index is -4.27. The van der Waals surface area contributed by atoms with Crippen molar-refractivity contribution in [2.75, 3.05) is 0 Å². The van der Waals surface area contributed by atoms with Crippen molar-refractivity contribution in [3.05, 3.63) is 95.1 Å². The third-order valence-corrected chi connectivity index (χ3v) is 7.89. The standard InChI is InChI=1S/C15H14N8.2C7H8O3S/c1-20-10-22(14(8-18)12(20)6-16)4-3-5-23-11-21(2)13(7-17)15(23)9-19;2*1-6-2-4-7(5-3-6)11(8,9)10/h10-11H,3-5H2,1-2H3;2*2-5H,1H3,(H,8,9,10)/q+2;;/p-2. The SMILES string of the molecule is C[n+]1cn(CCCn2c[n+](C)c(C#N)c2C#N)c(C#N)c1C#N.Cc1ccc(S(=O)(=O)[O-])cc1.Cc1ccc(S(=O)(=O)[O-])cc1. The van der Waals surface area contributed by atoms with Gasteiger partial charge in [0, 0.05) is 6.42 Å². The highest BCUT2D eigenvalue weighted by Crippen LogP contribution is 2.10. The van der Waals surface area contributed by atoms with Crippen LogP contribution in [0.25, 0.3) is 0 Å². The monoisotopic (exact) mass is 648 g/mol. The number of hydrogen-bond acceptors (Lipinski definition) is 10. The summed E-state index contributed by atoms with van der Waals surface area (Å²) in [5.41, 5.74) is 3.15. The summed E-state index contributed by atoms with van der Waals surface area (Å²) in [4.78, 5) is -0.355. The molecule has 0 unspecified atom stereocenters. The summed E-state index contributed by atoms with van der Waals surface area (Å²) in [6.45, 7) is 4.71. The number of rotatable bonds is 6. The average molecular weight is 649 g/mol. The molecule has 0 aliphatic heterocycles. The highest BCUT2D eigenvalue weighted by atomic mass is 32.2. The van der Waals surface area contributed by atoms with E-state index in [0.717, 1.165) is 11.1 Å². The highest BCUT2D eigenvalue weighted by Gasteiger charge is 2.23. The van der Waals surface area contributed by atoms with E-state index in [2.05, 4.69) is 0 Å². The summed E-state index contributed by atoms with van der Waals surface area (Å²) in [7, 11) is -5.11. The lowest BCUT2D eigenvalue weighted by atomic mass is 10.2. The zero-order valence-corrected chi connectivity index (χ0v) is 26.4. The molecule has 0 N–H and O–H groups in total. The van der Waals surface area contributed by atoms with Gasteiger partial charge in [0.1, 0.15) is 44.5 Å². The average Bonchev–Trinajstić information content (AvgIpc) is 3.46.